The summed E-state index contributed by atoms with van der Waals surface area (Å²) in [7, 11) is -3.92. The number of alkyl halides is 3. The lowest BCUT2D eigenvalue weighted by Gasteiger charge is -2.33. The van der Waals surface area contributed by atoms with Gasteiger partial charge in [-0.25, -0.2) is 13.6 Å². The minimum absolute atomic E-state index is 0.0370. The SMILES string of the molecule is NS(=O)(=O)c1ccc(C(=O)N[C@H]2CCCC[C@H]2NC(=O)CNC(=O)c2cc(C(F)(F)F)cc3c2NC(=O)C3C2CCCC2)cc1. The van der Waals surface area contributed by atoms with Crippen LogP contribution in [0.1, 0.15) is 89.1 Å². The van der Waals surface area contributed by atoms with Gasteiger partial charge in [-0.15, -0.1) is 0 Å². The molecule has 45 heavy (non-hydrogen) atoms. The van der Waals surface area contributed by atoms with Crippen LogP contribution >= 0.6 is 0 Å². The van der Waals surface area contributed by atoms with Crippen molar-refractivity contribution in [2.75, 3.05) is 11.9 Å². The maximum absolute atomic E-state index is 13.8. The summed E-state index contributed by atoms with van der Waals surface area (Å²) in [5.41, 5.74) is -1.03. The lowest BCUT2D eigenvalue weighted by Crippen LogP contribution is -2.54. The van der Waals surface area contributed by atoms with E-state index in [9.17, 15) is 40.8 Å². The Balaban J connectivity index is 1.24. The van der Waals surface area contributed by atoms with Crippen LogP contribution in [0.3, 0.4) is 0 Å². The number of nitrogens with one attached hydrogen (secondary N) is 4. The molecule has 0 radical (unpaired) electrons. The number of sulfonamides is 1. The van der Waals surface area contributed by atoms with Crippen LogP contribution < -0.4 is 26.4 Å². The average Bonchev–Trinajstić information content (AvgIpc) is 3.62. The van der Waals surface area contributed by atoms with Gasteiger partial charge in [0, 0.05) is 17.6 Å². The van der Waals surface area contributed by atoms with Crippen molar-refractivity contribution in [1.29, 1.82) is 0 Å². The number of halogens is 3. The summed E-state index contributed by atoms with van der Waals surface area (Å²) < 4.78 is 64.4. The summed E-state index contributed by atoms with van der Waals surface area (Å²) in [5, 5.41) is 15.7. The Morgan fingerprint density at radius 2 is 1.49 bits per heavy atom. The van der Waals surface area contributed by atoms with Crippen LogP contribution in [0, 0.1) is 5.92 Å². The van der Waals surface area contributed by atoms with E-state index in [1.54, 1.807) is 0 Å². The largest absolute Gasteiger partial charge is 0.416 e. The van der Waals surface area contributed by atoms with Crippen molar-refractivity contribution >= 4 is 39.3 Å². The topological polar surface area (TPSA) is 177 Å². The van der Waals surface area contributed by atoms with Crippen LogP contribution in [0.25, 0.3) is 0 Å². The minimum Gasteiger partial charge on any atom is -0.350 e. The molecule has 2 aliphatic carbocycles. The standard InChI is InChI=1S/C30H34F3N5O6S/c31-30(32,33)18-13-20-25(16-5-1-2-6-16)29(42)38-26(20)21(14-18)28(41)35-15-24(39)36-22-7-3-4-8-23(22)37-27(40)17-9-11-19(12-10-17)45(34,43)44/h9-14,16,22-23,25H,1-8,15H2,(H,35,41)(H,36,39)(H,37,40)(H,38,42)(H2,34,43,44)/t22-,23+,25?/m1/s1. The molecule has 11 nitrogen and oxygen atoms in total. The molecule has 242 valence electrons. The third kappa shape index (κ3) is 7.30. The van der Waals surface area contributed by atoms with Crippen molar-refractivity contribution < 1.29 is 40.8 Å². The van der Waals surface area contributed by atoms with E-state index in [0.717, 1.165) is 31.7 Å². The second-order valence-electron chi connectivity index (χ2n) is 11.8. The molecule has 15 heteroatoms. The summed E-state index contributed by atoms with van der Waals surface area (Å²) in [5.74, 6) is -3.34. The number of benzene rings is 2. The molecule has 1 heterocycles. The predicted octanol–water partition coefficient (Wildman–Crippen LogP) is 3.17. The summed E-state index contributed by atoms with van der Waals surface area (Å²) in [6, 6.07) is 5.75. The lowest BCUT2D eigenvalue weighted by molar-refractivity contribution is -0.137. The number of anilines is 1. The zero-order valence-corrected chi connectivity index (χ0v) is 25.0. The molecular formula is C30H34F3N5O6S. The van der Waals surface area contributed by atoms with E-state index in [1.807, 2.05) is 0 Å². The molecule has 2 saturated carbocycles. The number of primary sulfonamides is 1. The van der Waals surface area contributed by atoms with Crippen molar-refractivity contribution in [3.63, 3.8) is 0 Å². The van der Waals surface area contributed by atoms with Gasteiger partial charge in [-0.05, 0) is 73.6 Å². The molecule has 4 amide bonds. The Labute approximate surface area is 257 Å². The highest BCUT2D eigenvalue weighted by atomic mass is 32.2. The smallest absolute Gasteiger partial charge is 0.350 e. The van der Waals surface area contributed by atoms with Gasteiger partial charge in [-0.2, -0.15) is 13.2 Å². The number of hydrogen-bond acceptors (Lipinski definition) is 6. The first-order chi connectivity index (χ1) is 21.2. The van der Waals surface area contributed by atoms with Crippen molar-refractivity contribution in [3.05, 3.63) is 58.7 Å². The molecule has 3 aliphatic rings. The van der Waals surface area contributed by atoms with Gasteiger partial charge >= 0.3 is 6.18 Å². The zero-order chi connectivity index (χ0) is 32.5. The summed E-state index contributed by atoms with van der Waals surface area (Å²) in [6.07, 6.45) is 1.07. The molecule has 1 unspecified atom stereocenters. The molecule has 0 bridgehead atoms. The van der Waals surface area contributed by atoms with Crippen LogP contribution in [0.2, 0.25) is 0 Å². The van der Waals surface area contributed by atoms with Crippen LogP contribution in [0.15, 0.2) is 41.3 Å². The minimum atomic E-state index is -4.75. The number of carbonyl (C=O) groups is 4. The summed E-state index contributed by atoms with van der Waals surface area (Å²) in [6.45, 7) is -0.546. The van der Waals surface area contributed by atoms with Gasteiger partial charge in [0.1, 0.15) is 0 Å². The molecule has 0 saturated heterocycles. The van der Waals surface area contributed by atoms with E-state index in [0.29, 0.717) is 31.7 Å². The van der Waals surface area contributed by atoms with Gasteiger partial charge in [0.2, 0.25) is 21.8 Å². The lowest BCUT2D eigenvalue weighted by atomic mass is 9.84. The first-order valence-electron chi connectivity index (χ1n) is 14.8. The molecule has 6 N–H and O–H groups in total. The summed E-state index contributed by atoms with van der Waals surface area (Å²) >= 11 is 0. The molecule has 0 spiro atoms. The van der Waals surface area contributed by atoms with E-state index < -0.39 is 69.9 Å². The van der Waals surface area contributed by atoms with Gasteiger partial charge < -0.3 is 21.3 Å². The third-order valence-electron chi connectivity index (χ3n) is 8.76. The van der Waals surface area contributed by atoms with Gasteiger partial charge in [0.15, 0.2) is 0 Å². The van der Waals surface area contributed by atoms with Gasteiger partial charge in [-0.1, -0.05) is 25.7 Å². The highest BCUT2D eigenvalue weighted by Crippen LogP contribution is 2.47. The maximum Gasteiger partial charge on any atom is 0.416 e. The molecule has 2 aromatic rings. The zero-order valence-electron chi connectivity index (χ0n) is 24.2. The quantitative estimate of drug-likeness (QED) is 0.293. The monoisotopic (exact) mass is 649 g/mol. The fraction of sp³-hybridized carbons (Fsp3) is 0.467. The van der Waals surface area contributed by atoms with Crippen LogP contribution in [0.5, 0.6) is 0 Å². The molecular weight excluding hydrogens is 615 g/mol. The van der Waals surface area contributed by atoms with E-state index in [2.05, 4.69) is 21.3 Å². The highest BCUT2D eigenvalue weighted by molar-refractivity contribution is 7.89. The van der Waals surface area contributed by atoms with Crippen molar-refractivity contribution in [3.8, 4) is 0 Å². The molecule has 1 aliphatic heterocycles. The van der Waals surface area contributed by atoms with Gasteiger partial charge in [0.05, 0.1) is 34.2 Å². The average molecular weight is 650 g/mol. The van der Waals surface area contributed by atoms with Gasteiger partial charge in [-0.3, -0.25) is 19.2 Å². The molecule has 3 atom stereocenters. The first kappa shape index (κ1) is 32.4. The fourth-order valence-corrected chi connectivity index (χ4v) is 7.05. The Bertz CT molecular complexity index is 1610. The maximum atomic E-state index is 13.8. The van der Waals surface area contributed by atoms with Crippen molar-refractivity contribution in [2.24, 2.45) is 11.1 Å². The van der Waals surface area contributed by atoms with E-state index >= 15 is 0 Å². The number of nitrogens with two attached hydrogens (primary N) is 1. The van der Waals surface area contributed by atoms with Crippen molar-refractivity contribution in [2.45, 2.75) is 80.4 Å². The Morgan fingerprint density at radius 1 is 0.889 bits per heavy atom. The number of rotatable bonds is 8. The molecule has 5 rings (SSSR count). The number of amides is 4. The van der Waals surface area contributed by atoms with E-state index in [1.165, 1.54) is 24.3 Å². The van der Waals surface area contributed by atoms with Crippen LogP contribution in [-0.4, -0.2) is 50.7 Å². The molecule has 0 aromatic heterocycles. The second-order valence-corrected chi connectivity index (χ2v) is 13.3. The van der Waals surface area contributed by atoms with Gasteiger partial charge in [0.25, 0.3) is 11.8 Å². The number of carbonyl (C=O) groups excluding carboxylic acids is 4. The third-order valence-corrected chi connectivity index (χ3v) is 9.69. The Morgan fingerprint density at radius 3 is 2.09 bits per heavy atom. The molecule has 2 fully saturated rings. The number of fused-ring (bicyclic) bond motifs is 1. The predicted molar refractivity (Wildman–Crippen MR) is 157 cm³/mol. The van der Waals surface area contributed by atoms with E-state index in [4.69, 9.17) is 5.14 Å². The van der Waals surface area contributed by atoms with E-state index in [-0.39, 0.29) is 33.2 Å². The fourth-order valence-electron chi connectivity index (χ4n) is 6.53. The Hall–Kier alpha value is -3.98. The normalized spacial score (nSPS) is 22.0. The Kier molecular flexibility index (Phi) is 9.21. The number of hydrogen-bond donors (Lipinski definition) is 5. The summed E-state index contributed by atoms with van der Waals surface area (Å²) in [4.78, 5) is 51.5. The highest BCUT2D eigenvalue weighted by Gasteiger charge is 2.43. The second kappa shape index (κ2) is 12.8. The van der Waals surface area contributed by atoms with Crippen LogP contribution in [0.4, 0.5) is 18.9 Å². The van der Waals surface area contributed by atoms with Crippen LogP contribution in [-0.2, 0) is 25.8 Å². The molecule has 2 aromatic carbocycles. The van der Waals surface area contributed by atoms with Crippen molar-refractivity contribution in [1.82, 2.24) is 16.0 Å². The first-order valence-corrected chi connectivity index (χ1v) is 16.3.